The van der Waals surface area contributed by atoms with Crippen LogP contribution in [0.3, 0.4) is 0 Å². The molecule has 0 aliphatic rings. The summed E-state index contributed by atoms with van der Waals surface area (Å²) in [5.74, 6) is -0.0365. The van der Waals surface area contributed by atoms with Gasteiger partial charge in [-0.25, -0.2) is 4.79 Å². The first-order valence-corrected chi connectivity index (χ1v) is 4.85. The molecule has 82 valence electrons. The van der Waals surface area contributed by atoms with Gasteiger partial charge in [-0.3, -0.25) is 4.89 Å². The average Bonchev–Trinajstić information content (AvgIpc) is 2.27. The van der Waals surface area contributed by atoms with Crippen LogP contribution in [0, 0.1) is 0 Å². The minimum atomic E-state index is -0.541. The van der Waals surface area contributed by atoms with Crippen LogP contribution in [0.2, 0.25) is 0 Å². The fourth-order valence-electron chi connectivity index (χ4n) is 1.07. The fourth-order valence-corrected chi connectivity index (χ4v) is 1.07. The molecule has 0 spiro atoms. The van der Waals surface area contributed by atoms with Gasteiger partial charge < -0.3 is 4.74 Å². The maximum atomic E-state index is 11.5. The largest absolute Gasteiger partial charge is 0.493 e. The van der Waals surface area contributed by atoms with Crippen LogP contribution in [0.4, 0.5) is 0 Å². The van der Waals surface area contributed by atoms with E-state index in [2.05, 4.69) is 9.78 Å². The second-order valence-electron chi connectivity index (χ2n) is 2.71. The maximum Gasteiger partial charge on any atom is 0.376 e. The summed E-state index contributed by atoms with van der Waals surface area (Å²) in [5, 5.41) is 0. The molecule has 0 aromatic heterocycles. The molecule has 0 amide bonds. The lowest BCUT2D eigenvalue weighted by atomic mass is 10.2. The van der Waals surface area contributed by atoms with Crippen molar-refractivity contribution in [3.63, 3.8) is 0 Å². The lowest BCUT2D eigenvalue weighted by Crippen LogP contribution is -2.08. The Balaban J connectivity index is 2.77. The number of benzene rings is 1. The summed E-state index contributed by atoms with van der Waals surface area (Å²) in [6, 6.07) is 6.88. The summed E-state index contributed by atoms with van der Waals surface area (Å²) in [7, 11) is 0. The quantitative estimate of drug-likeness (QED) is 0.552. The molecule has 0 N–H and O–H groups in total. The van der Waals surface area contributed by atoms with Crippen molar-refractivity contribution in [1.29, 1.82) is 0 Å². The van der Waals surface area contributed by atoms with E-state index in [1.54, 1.807) is 31.2 Å². The standard InChI is InChI=1S/C11H14O4/c1-3-13-10-8-6-5-7-9(10)11(12)15-14-4-2/h5-8H,3-4H2,1-2H3. The Morgan fingerprint density at radius 2 is 1.93 bits per heavy atom. The van der Waals surface area contributed by atoms with E-state index >= 15 is 0 Å². The second-order valence-corrected chi connectivity index (χ2v) is 2.71. The molecule has 1 rings (SSSR count). The van der Waals surface area contributed by atoms with E-state index in [4.69, 9.17) is 4.74 Å². The molecule has 1 aromatic carbocycles. The first-order chi connectivity index (χ1) is 7.29. The van der Waals surface area contributed by atoms with Crippen molar-refractivity contribution in [3.05, 3.63) is 29.8 Å². The maximum absolute atomic E-state index is 11.5. The van der Waals surface area contributed by atoms with Gasteiger partial charge in [-0.1, -0.05) is 12.1 Å². The van der Waals surface area contributed by atoms with Crippen LogP contribution in [-0.4, -0.2) is 19.2 Å². The Kier molecular flexibility index (Phi) is 4.63. The third kappa shape index (κ3) is 3.25. The number of hydrogen-bond donors (Lipinski definition) is 0. The highest BCUT2D eigenvalue weighted by molar-refractivity contribution is 5.92. The Labute approximate surface area is 88.7 Å². The summed E-state index contributed by atoms with van der Waals surface area (Å²) in [5.41, 5.74) is 0.368. The van der Waals surface area contributed by atoms with Crippen molar-refractivity contribution in [3.8, 4) is 5.75 Å². The molecule has 4 heteroatoms. The second kappa shape index (κ2) is 6.03. The molecule has 0 unspecified atom stereocenters. The van der Waals surface area contributed by atoms with Gasteiger partial charge in [-0.05, 0) is 26.0 Å². The van der Waals surface area contributed by atoms with E-state index in [1.165, 1.54) is 0 Å². The topological polar surface area (TPSA) is 44.8 Å². The molecule has 0 saturated carbocycles. The van der Waals surface area contributed by atoms with Gasteiger partial charge in [0.1, 0.15) is 11.3 Å². The summed E-state index contributed by atoms with van der Waals surface area (Å²) in [4.78, 5) is 20.6. The molecule has 0 aliphatic heterocycles. The fraction of sp³-hybridized carbons (Fsp3) is 0.364. The molecule has 15 heavy (non-hydrogen) atoms. The Morgan fingerprint density at radius 1 is 1.20 bits per heavy atom. The molecule has 0 fully saturated rings. The Hall–Kier alpha value is -1.55. The van der Waals surface area contributed by atoms with Gasteiger partial charge >= 0.3 is 5.97 Å². The van der Waals surface area contributed by atoms with Gasteiger partial charge in [0.25, 0.3) is 0 Å². The van der Waals surface area contributed by atoms with Crippen molar-refractivity contribution in [2.45, 2.75) is 13.8 Å². The summed E-state index contributed by atoms with van der Waals surface area (Å²) >= 11 is 0. The predicted octanol–water partition coefficient (Wildman–Crippen LogP) is 2.19. The van der Waals surface area contributed by atoms with Gasteiger partial charge in [0.05, 0.1) is 13.2 Å². The summed E-state index contributed by atoms with van der Waals surface area (Å²) < 4.78 is 5.28. The third-order valence-electron chi connectivity index (χ3n) is 1.66. The van der Waals surface area contributed by atoms with Crippen LogP contribution >= 0.6 is 0 Å². The van der Waals surface area contributed by atoms with Crippen LogP contribution in [0.5, 0.6) is 5.75 Å². The predicted molar refractivity (Wildman–Crippen MR) is 54.7 cm³/mol. The zero-order valence-electron chi connectivity index (χ0n) is 8.86. The molecular weight excluding hydrogens is 196 g/mol. The van der Waals surface area contributed by atoms with E-state index in [-0.39, 0.29) is 0 Å². The van der Waals surface area contributed by atoms with E-state index in [1.807, 2.05) is 6.92 Å². The molecule has 0 atom stereocenters. The molecule has 0 heterocycles. The first-order valence-electron chi connectivity index (χ1n) is 4.85. The highest BCUT2D eigenvalue weighted by Gasteiger charge is 2.13. The number of para-hydroxylation sites is 1. The van der Waals surface area contributed by atoms with Crippen LogP contribution in [-0.2, 0) is 9.78 Å². The molecule has 0 bridgehead atoms. The number of hydrogen-bond acceptors (Lipinski definition) is 4. The molecule has 0 aliphatic carbocycles. The zero-order valence-corrected chi connectivity index (χ0v) is 8.86. The van der Waals surface area contributed by atoms with Gasteiger partial charge in [-0.15, -0.1) is 0 Å². The SMILES string of the molecule is CCOOC(=O)c1ccccc1OCC. The lowest BCUT2D eigenvalue weighted by molar-refractivity contribution is -0.237. The van der Waals surface area contributed by atoms with E-state index in [0.29, 0.717) is 24.5 Å². The van der Waals surface area contributed by atoms with Crippen molar-refractivity contribution < 1.29 is 19.3 Å². The first kappa shape index (κ1) is 11.5. The number of ether oxygens (including phenoxy) is 1. The molecule has 1 aromatic rings. The number of rotatable bonds is 5. The minimum absolute atomic E-state index is 0.322. The molecular formula is C11H14O4. The van der Waals surface area contributed by atoms with E-state index in [9.17, 15) is 4.79 Å². The average molecular weight is 210 g/mol. The minimum Gasteiger partial charge on any atom is -0.493 e. The highest BCUT2D eigenvalue weighted by atomic mass is 17.2. The van der Waals surface area contributed by atoms with Crippen molar-refractivity contribution in [2.24, 2.45) is 0 Å². The smallest absolute Gasteiger partial charge is 0.376 e. The van der Waals surface area contributed by atoms with Crippen molar-refractivity contribution in [1.82, 2.24) is 0 Å². The summed E-state index contributed by atoms with van der Waals surface area (Å²) in [6.07, 6.45) is 0. The van der Waals surface area contributed by atoms with Crippen LogP contribution < -0.4 is 4.74 Å². The third-order valence-corrected chi connectivity index (χ3v) is 1.66. The highest BCUT2D eigenvalue weighted by Crippen LogP contribution is 2.18. The molecule has 0 radical (unpaired) electrons. The van der Waals surface area contributed by atoms with Gasteiger partial charge in [0.2, 0.25) is 0 Å². The monoisotopic (exact) mass is 210 g/mol. The normalized spacial score (nSPS) is 9.73. The molecule has 0 saturated heterocycles. The Bertz CT molecular complexity index is 322. The van der Waals surface area contributed by atoms with E-state index < -0.39 is 5.97 Å². The summed E-state index contributed by atoms with van der Waals surface area (Å²) in [6.45, 7) is 4.41. The zero-order chi connectivity index (χ0) is 11.1. The van der Waals surface area contributed by atoms with Gasteiger partial charge in [0, 0.05) is 0 Å². The van der Waals surface area contributed by atoms with Crippen LogP contribution in [0.15, 0.2) is 24.3 Å². The molecule has 4 nitrogen and oxygen atoms in total. The Morgan fingerprint density at radius 3 is 2.60 bits per heavy atom. The van der Waals surface area contributed by atoms with Crippen LogP contribution in [0.25, 0.3) is 0 Å². The number of carbonyl (C=O) groups excluding carboxylic acids is 1. The van der Waals surface area contributed by atoms with Gasteiger partial charge in [-0.2, -0.15) is 4.89 Å². The van der Waals surface area contributed by atoms with Crippen LogP contribution in [0.1, 0.15) is 24.2 Å². The van der Waals surface area contributed by atoms with Crippen molar-refractivity contribution in [2.75, 3.05) is 13.2 Å². The lowest BCUT2D eigenvalue weighted by Gasteiger charge is -2.07. The van der Waals surface area contributed by atoms with Gasteiger partial charge in [0.15, 0.2) is 0 Å². The van der Waals surface area contributed by atoms with E-state index in [0.717, 1.165) is 0 Å². The number of carbonyl (C=O) groups is 1. The van der Waals surface area contributed by atoms with Crippen molar-refractivity contribution >= 4 is 5.97 Å².